The lowest BCUT2D eigenvalue weighted by molar-refractivity contribution is 0.235. The first-order valence-electron chi connectivity index (χ1n) is 6.52. The zero-order valence-electron chi connectivity index (χ0n) is 10.8. The third-order valence-corrected chi connectivity index (χ3v) is 3.45. The Morgan fingerprint density at radius 3 is 3.06 bits per heavy atom. The standard InChI is InChI=1S/C14H21FN2O/c1-17(9-11-3-2-6-16-8-11)10-12-7-13(15)4-5-14(12)18/h4-5,7,11,16,18H,2-3,6,8-10H2,1H3. The van der Waals surface area contributed by atoms with Gasteiger partial charge in [0.25, 0.3) is 0 Å². The monoisotopic (exact) mass is 252 g/mol. The Hall–Kier alpha value is -1.13. The Morgan fingerprint density at radius 2 is 2.33 bits per heavy atom. The number of phenols is 1. The van der Waals surface area contributed by atoms with Crippen LogP contribution < -0.4 is 5.32 Å². The average molecular weight is 252 g/mol. The number of nitrogens with one attached hydrogen (secondary N) is 1. The van der Waals surface area contributed by atoms with Crippen molar-refractivity contribution in [2.75, 3.05) is 26.7 Å². The van der Waals surface area contributed by atoms with Crippen LogP contribution in [0, 0.1) is 11.7 Å². The Bertz CT molecular complexity index is 391. The first kappa shape index (κ1) is 13.3. The van der Waals surface area contributed by atoms with Crippen molar-refractivity contribution in [1.29, 1.82) is 0 Å². The van der Waals surface area contributed by atoms with Crippen LogP contribution in [-0.2, 0) is 6.54 Å². The molecule has 1 aromatic rings. The number of aromatic hydroxyl groups is 1. The summed E-state index contributed by atoms with van der Waals surface area (Å²) in [4.78, 5) is 2.14. The SMILES string of the molecule is CN(Cc1cc(F)ccc1O)CC1CCCNC1. The average Bonchev–Trinajstić information content (AvgIpc) is 2.35. The number of piperidine rings is 1. The number of rotatable bonds is 4. The molecule has 2 N–H and O–H groups in total. The van der Waals surface area contributed by atoms with Crippen molar-refractivity contribution in [3.05, 3.63) is 29.6 Å². The maximum Gasteiger partial charge on any atom is 0.123 e. The normalized spacial score (nSPS) is 20.3. The van der Waals surface area contributed by atoms with Gasteiger partial charge in [0.05, 0.1) is 0 Å². The van der Waals surface area contributed by atoms with E-state index < -0.39 is 0 Å². The third-order valence-electron chi connectivity index (χ3n) is 3.45. The van der Waals surface area contributed by atoms with Gasteiger partial charge in [-0.15, -0.1) is 0 Å². The molecule has 0 amide bonds. The molecule has 1 heterocycles. The Kier molecular flexibility index (Phi) is 4.55. The molecule has 1 unspecified atom stereocenters. The summed E-state index contributed by atoms with van der Waals surface area (Å²) in [6.45, 7) is 3.73. The number of hydrogen-bond donors (Lipinski definition) is 2. The molecule has 1 fully saturated rings. The summed E-state index contributed by atoms with van der Waals surface area (Å²) in [7, 11) is 2.01. The lowest BCUT2D eigenvalue weighted by Crippen LogP contribution is -2.36. The van der Waals surface area contributed by atoms with E-state index in [1.165, 1.54) is 31.0 Å². The van der Waals surface area contributed by atoms with E-state index in [0.717, 1.165) is 19.6 Å². The highest BCUT2D eigenvalue weighted by Crippen LogP contribution is 2.20. The van der Waals surface area contributed by atoms with Gasteiger partial charge in [-0.25, -0.2) is 4.39 Å². The Balaban J connectivity index is 1.89. The molecule has 100 valence electrons. The predicted octanol–water partition coefficient (Wildman–Crippen LogP) is 1.96. The van der Waals surface area contributed by atoms with Gasteiger partial charge in [0.15, 0.2) is 0 Å². The van der Waals surface area contributed by atoms with Crippen LogP contribution in [-0.4, -0.2) is 36.7 Å². The molecule has 1 saturated heterocycles. The van der Waals surface area contributed by atoms with E-state index in [1.54, 1.807) is 0 Å². The summed E-state index contributed by atoms with van der Waals surface area (Å²) in [5.74, 6) is 0.528. The van der Waals surface area contributed by atoms with Gasteiger partial charge in [-0.2, -0.15) is 0 Å². The summed E-state index contributed by atoms with van der Waals surface area (Å²) >= 11 is 0. The quantitative estimate of drug-likeness (QED) is 0.860. The number of benzene rings is 1. The van der Waals surface area contributed by atoms with E-state index >= 15 is 0 Å². The van der Waals surface area contributed by atoms with Crippen LogP contribution >= 0.6 is 0 Å². The highest BCUT2D eigenvalue weighted by Gasteiger charge is 2.15. The zero-order chi connectivity index (χ0) is 13.0. The molecule has 0 aromatic heterocycles. The fourth-order valence-electron chi connectivity index (χ4n) is 2.56. The van der Waals surface area contributed by atoms with Crippen LogP contribution in [0.4, 0.5) is 4.39 Å². The molecule has 1 aromatic carbocycles. The predicted molar refractivity (Wildman–Crippen MR) is 70.0 cm³/mol. The molecule has 2 rings (SSSR count). The van der Waals surface area contributed by atoms with Gasteiger partial charge in [0, 0.05) is 18.7 Å². The van der Waals surface area contributed by atoms with Crippen LogP contribution in [0.15, 0.2) is 18.2 Å². The molecular formula is C14H21FN2O. The van der Waals surface area contributed by atoms with Crippen LogP contribution in [0.3, 0.4) is 0 Å². The summed E-state index contributed by atoms with van der Waals surface area (Å²) in [5, 5.41) is 13.1. The highest BCUT2D eigenvalue weighted by atomic mass is 19.1. The molecule has 0 aliphatic carbocycles. The second-order valence-electron chi connectivity index (χ2n) is 5.18. The number of halogens is 1. The first-order valence-corrected chi connectivity index (χ1v) is 6.52. The first-order chi connectivity index (χ1) is 8.65. The minimum Gasteiger partial charge on any atom is -0.508 e. The second kappa shape index (κ2) is 6.16. The Labute approximate surface area is 108 Å². The van der Waals surface area contributed by atoms with Gasteiger partial charge >= 0.3 is 0 Å². The lowest BCUT2D eigenvalue weighted by Gasteiger charge is -2.27. The van der Waals surface area contributed by atoms with Gasteiger partial charge in [0.1, 0.15) is 11.6 Å². The molecule has 1 aliphatic rings. The van der Waals surface area contributed by atoms with Crippen molar-refractivity contribution in [2.45, 2.75) is 19.4 Å². The largest absolute Gasteiger partial charge is 0.508 e. The smallest absolute Gasteiger partial charge is 0.123 e. The summed E-state index contributed by atoms with van der Waals surface area (Å²) < 4.78 is 13.1. The van der Waals surface area contributed by atoms with Crippen LogP contribution in [0.25, 0.3) is 0 Å². The van der Waals surface area contributed by atoms with E-state index in [1.807, 2.05) is 7.05 Å². The van der Waals surface area contributed by atoms with Gasteiger partial charge in [0.2, 0.25) is 0 Å². The van der Waals surface area contributed by atoms with Gasteiger partial charge < -0.3 is 15.3 Å². The van der Waals surface area contributed by atoms with Crippen LogP contribution in [0.2, 0.25) is 0 Å². The molecule has 0 radical (unpaired) electrons. The molecule has 18 heavy (non-hydrogen) atoms. The minimum absolute atomic E-state index is 0.171. The highest BCUT2D eigenvalue weighted by molar-refractivity contribution is 5.32. The van der Waals surface area contributed by atoms with Gasteiger partial charge in [-0.1, -0.05) is 0 Å². The Morgan fingerprint density at radius 1 is 1.50 bits per heavy atom. The van der Waals surface area contributed by atoms with E-state index in [9.17, 15) is 9.50 Å². The van der Waals surface area contributed by atoms with Crippen LogP contribution in [0.5, 0.6) is 5.75 Å². The van der Waals surface area contributed by atoms with Crippen molar-refractivity contribution in [2.24, 2.45) is 5.92 Å². The fraction of sp³-hybridized carbons (Fsp3) is 0.571. The fourth-order valence-corrected chi connectivity index (χ4v) is 2.56. The van der Waals surface area contributed by atoms with Crippen molar-refractivity contribution in [3.63, 3.8) is 0 Å². The van der Waals surface area contributed by atoms with Gasteiger partial charge in [-0.05, 0) is 57.1 Å². The molecule has 1 atom stereocenters. The molecule has 0 spiro atoms. The summed E-state index contributed by atoms with van der Waals surface area (Å²) in [6, 6.07) is 4.11. The second-order valence-corrected chi connectivity index (χ2v) is 5.18. The van der Waals surface area contributed by atoms with Gasteiger partial charge in [-0.3, -0.25) is 0 Å². The van der Waals surface area contributed by atoms with Crippen molar-refractivity contribution < 1.29 is 9.50 Å². The van der Waals surface area contributed by atoms with E-state index in [4.69, 9.17) is 0 Å². The number of nitrogens with zero attached hydrogens (tertiary/aromatic N) is 1. The number of phenolic OH excluding ortho intramolecular Hbond substituents is 1. The summed E-state index contributed by atoms with van der Waals surface area (Å²) in [6.07, 6.45) is 2.47. The lowest BCUT2D eigenvalue weighted by atomic mass is 9.99. The molecular weight excluding hydrogens is 231 g/mol. The van der Waals surface area contributed by atoms with E-state index in [0.29, 0.717) is 18.0 Å². The molecule has 4 heteroatoms. The number of hydrogen-bond acceptors (Lipinski definition) is 3. The minimum atomic E-state index is -0.296. The zero-order valence-corrected chi connectivity index (χ0v) is 10.8. The molecule has 3 nitrogen and oxygen atoms in total. The summed E-state index contributed by atoms with van der Waals surface area (Å²) in [5.41, 5.74) is 0.654. The maximum atomic E-state index is 13.1. The topological polar surface area (TPSA) is 35.5 Å². The third kappa shape index (κ3) is 3.68. The van der Waals surface area contributed by atoms with E-state index in [2.05, 4.69) is 10.2 Å². The molecule has 0 bridgehead atoms. The van der Waals surface area contributed by atoms with E-state index in [-0.39, 0.29) is 11.6 Å². The molecule has 1 aliphatic heterocycles. The molecule has 0 saturated carbocycles. The van der Waals surface area contributed by atoms with Crippen molar-refractivity contribution >= 4 is 0 Å². The van der Waals surface area contributed by atoms with Crippen molar-refractivity contribution in [3.8, 4) is 5.75 Å². The van der Waals surface area contributed by atoms with Crippen LogP contribution in [0.1, 0.15) is 18.4 Å². The maximum absolute atomic E-state index is 13.1. The van der Waals surface area contributed by atoms with Crippen molar-refractivity contribution in [1.82, 2.24) is 10.2 Å².